The van der Waals surface area contributed by atoms with E-state index in [4.69, 9.17) is 0 Å². The van der Waals surface area contributed by atoms with Gasteiger partial charge in [0.2, 0.25) is 0 Å². The Hall–Kier alpha value is -6.24. The summed E-state index contributed by atoms with van der Waals surface area (Å²) in [5.74, 6) is 0. The molecule has 0 heterocycles. The predicted molar refractivity (Wildman–Crippen MR) is 272 cm³/mol. The van der Waals surface area contributed by atoms with Gasteiger partial charge in [-0.15, -0.1) is 0 Å². The highest BCUT2D eigenvalue weighted by molar-refractivity contribution is 6.14. The van der Waals surface area contributed by atoms with Gasteiger partial charge >= 0.3 is 0 Å². The van der Waals surface area contributed by atoms with Gasteiger partial charge in [-0.25, -0.2) is 0 Å². The van der Waals surface area contributed by atoms with Crippen LogP contribution in [0.3, 0.4) is 0 Å². The first-order valence-electron chi connectivity index (χ1n) is 23.1. The van der Waals surface area contributed by atoms with Crippen molar-refractivity contribution in [2.24, 2.45) is 0 Å². The third kappa shape index (κ3) is 9.17. The van der Waals surface area contributed by atoms with Gasteiger partial charge in [-0.3, -0.25) is 0 Å². The molecule has 0 nitrogen and oxygen atoms in total. The first kappa shape index (κ1) is 42.5. The number of hydrogen-bond acceptors (Lipinski definition) is 0. The van der Waals surface area contributed by atoms with Gasteiger partial charge in [-0.05, 0) is 142 Å². The number of allylic oxidation sites excluding steroid dienone is 2. The van der Waals surface area contributed by atoms with Crippen LogP contribution in [0.15, 0.2) is 170 Å². The van der Waals surface area contributed by atoms with Gasteiger partial charge in [-0.1, -0.05) is 232 Å². The van der Waals surface area contributed by atoms with Crippen molar-refractivity contribution in [3.05, 3.63) is 225 Å². The molecule has 0 aromatic heterocycles. The average Bonchev–Trinajstić information content (AvgIpc) is 3.30. The number of fused-ring (bicyclic) bond motifs is 2. The summed E-state index contributed by atoms with van der Waals surface area (Å²) in [6.07, 6.45) is 9.16. The van der Waals surface area contributed by atoms with Gasteiger partial charge in [0.1, 0.15) is 0 Å². The molecule has 0 radical (unpaired) electrons. The van der Waals surface area contributed by atoms with Crippen LogP contribution in [0.4, 0.5) is 0 Å². The van der Waals surface area contributed by atoms with Crippen LogP contribution in [0.25, 0.3) is 55.0 Å². The Morgan fingerprint density at radius 2 is 0.629 bits per heavy atom. The molecule has 0 heteroatoms. The standard InChI is InChI=1S/C62H62/c1-7-9-11-12-22-60(62(49-35-27-45(5)28-36-49)50-37-29-46(6)30-38-50)58-42-40-56(52-19-14-16-21-54(52)58)55-39-41-57(53-20-15-13-18-51(53)55)59(17-10-8-2)61(47-31-23-43(3)24-32-47)48-33-25-44(4)26-34-48/h13-16,18-21,23-42H,7-12,17,22H2,1-6H3. The maximum Gasteiger partial charge on any atom is -0.00731 e. The van der Waals surface area contributed by atoms with E-state index in [1.807, 2.05) is 0 Å². The lowest BCUT2D eigenvalue weighted by atomic mass is 9.82. The molecule has 0 amide bonds. The van der Waals surface area contributed by atoms with Crippen molar-refractivity contribution in [3.63, 3.8) is 0 Å². The lowest BCUT2D eigenvalue weighted by Gasteiger charge is -2.22. The second kappa shape index (κ2) is 19.6. The molecule has 0 unspecified atom stereocenters. The quantitative estimate of drug-likeness (QED) is 0.0715. The fourth-order valence-electron chi connectivity index (χ4n) is 9.38. The monoisotopic (exact) mass is 806 g/mol. The lowest BCUT2D eigenvalue weighted by Crippen LogP contribution is -1.99. The summed E-state index contributed by atoms with van der Waals surface area (Å²) in [6.45, 7) is 13.3. The number of aryl methyl sites for hydroxylation is 4. The van der Waals surface area contributed by atoms with E-state index in [2.05, 4.69) is 211 Å². The first-order valence-corrected chi connectivity index (χ1v) is 23.1. The van der Waals surface area contributed by atoms with E-state index in [0.717, 1.165) is 32.1 Å². The van der Waals surface area contributed by atoms with E-state index in [0.29, 0.717) is 0 Å². The summed E-state index contributed by atoms with van der Waals surface area (Å²) in [5, 5.41) is 5.20. The zero-order chi connectivity index (χ0) is 43.0. The number of rotatable bonds is 15. The topological polar surface area (TPSA) is 0 Å². The average molecular weight is 807 g/mol. The predicted octanol–water partition coefficient (Wildman–Crippen LogP) is 18.0. The molecular weight excluding hydrogens is 745 g/mol. The van der Waals surface area contributed by atoms with E-state index >= 15 is 0 Å². The first-order chi connectivity index (χ1) is 30.3. The molecule has 0 aliphatic rings. The van der Waals surface area contributed by atoms with Gasteiger partial charge in [0, 0.05) is 0 Å². The van der Waals surface area contributed by atoms with Gasteiger partial charge in [0.25, 0.3) is 0 Å². The Morgan fingerprint density at radius 1 is 0.306 bits per heavy atom. The van der Waals surface area contributed by atoms with Crippen molar-refractivity contribution in [3.8, 4) is 11.1 Å². The molecule has 0 N–H and O–H groups in total. The highest BCUT2D eigenvalue weighted by atomic mass is 14.2. The van der Waals surface area contributed by atoms with Gasteiger partial charge < -0.3 is 0 Å². The Morgan fingerprint density at radius 3 is 0.968 bits per heavy atom. The van der Waals surface area contributed by atoms with E-state index in [9.17, 15) is 0 Å². The summed E-state index contributed by atoms with van der Waals surface area (Å²) in [6, 6.07) is 64.7. The van der Waals surface area contributed by atoms with Crippen molar-refractivity contribution in [1.29, 1.82) is 0 Å². The Labute approximate surface area is 371 Å². The zero-order valence-electron chi connectivity index (χ0n) is 37.8. The number of unbranched alkanes of at least 4 members (excludes halogenated alkanes) is 4. The van der Waals surface area contributed by atoms with Crippen molar-refractivity contribution in [2.75, 3.05) is 0 Å². The van der Waals surface area contributed by atoms with E-state index in [1.54, 1.807) is 0 Å². The van der Waals surface area contributed by atoms with Gasteiger partial charge in [-0.2, -0.15) is 0 Å². The summed E-state index contributed by atoms with van der Waals surface area (Å²) in [7, 11) is 0. The molecular formula is C62H62. The van der Waals surface area contributed by atoms with Gasteiger partial charge in [0.15, 0.2) is 0 Å². The van der Waals surface area contributed by atoms with Crippen LogP contribution in [-0.2, 0) is 0 Å². The third-order valence-corrected chi connectivity index (χ3v) is 12.8. The second-order valence-corrected chi connectivity index (χ2v) is 17.5. The van der Waals surface area contributed by atoms with Crippen LogP contribution in [0.2, 0.25) is 0 Å². The van der Waals surface area contributed by atoms with Gasteiger partial charge in [0.05, 0.1) is 0 Å². The Balaban J connectivity index is 1.36. The SMILES string of the molecule is CCCCCCC(=C(c1ccc(C)cc1)c1ccc(C)cc1)c1ccc(-c2ccc(C(CCCC)=C(c3ccc(C)cc3)c3ccc(C)cc3)c3ccccc23)c2ccccc12. The minimum absolute atomic E-state index is 1.01. The summed E-state index contributed by atoms with van der Waals surface area (Å²) >= 11 is 0. The Bertz CT molecular complexity index is 2750. The molecule has 310 valence electrons. The van der Waals surface area contributed by atoms with Crippen LogP contribution in [0.1, 0.15) is 121 Å². The zero-order valence-corrected chi connectivity index (χ0v) is 37.8. The third-order valence-electron chi connectivity index (χ3n) is 12.8. The van der Waals surface area contributed by atoms with Crippen molar-refractivity contribution in [2.45, 2.75) is 92.9 Å². The molecule has 8 rings (SSSR count). The molecule has 0 saturated heterocycles. The van der Waals surface area contributed by atoms with Crippen LogP contribution in [0, 0.1) is 27.7 Å². The summed E-state index contributed by atoms with van der Waals surface area (Å²) in [5.41, 5.74) is 21.0. The van der Waals surface area contributed by atoms with Crippen molar-refractivity contribution < 1.29 is 0 Å². The molecule has 8 aromatic carbocycles. The molecule has 0 fully saturated rings. The number of hydrogen-bond donors (Lipinski definition) is 0. The smallest absolute Gasteiger partial charge is 0.00731 e. The molecule has 0 spiro atoms. The van der Waals surface area contributed by atoms with E-state index < -0.39 is 0 Å². The molecule has 0 saturated carbocycles. The number of benzene rings is 8. The van der Waals surface area contributed by atoms with Crippen LogP contribution < -0.4 is 0 Å². The second-order valence-electron chi connectivity index (χ2n) is 17.5. The summed E-state index contributed by atoms with van der Waals surface area (Å²) in [4.78, 5) is 0. The van der Waals surface area contributed by atoms with E-state index in [1.165, 1.54) is 130 Å². The summed E-state index contributed by atoms with van der Waals surface area (Å²) < 4.78 is 0. The molecule has 0 aliphatic heterocycles. The highest BCUT2D eigenvalue weighted by Gasteiger charge is 2.21. The molecule has 62 heavy (non-hydrogen) atoms. The normalized spacial score (nSPS) is 11.3. The van der Waals surface area contributed by atoms with Crippen LogP contribution in [-0.4, -0.2) is 0 Å². The lowest BCUT2D eigenvalue weighted by molar-refractivity contribution is 0.679. The minimum atomic E-state index is 1.01. The molecule has 0 atom stereocenters. The molecule has 0 bridgehead atoms. The van der Waals surface area contributed by atoms with E-state index in [-0.39, 0.29) is 0 Å². The van der Waals surface area contributed by atoms with Crippen LogP contribution >= 0.6 is 0 Å². The minimum Gasteiger partial charge on any atom is -0.0654 e. The fraction of sp³-hybridized carbons (Fsp3) is 0.226. The largest absolute Gasteiger partial charge is 0.0654 e. The maximum atomic E-state index is 2.44. The fourth-order valence-corrected chi connectivity index (χ4v) is 9.38. The van der Waals surface area contributed by atoms with Crippen molar-refractivity contribution >= 4 is 43.8 Å². The maximum absolute atomic E-state index is 2.44. The Kier molecular flexibility index (Phi) is 13.4. The highest BCUT2D eigenvalue weighted by Crippen LogP contribution is 2.45. The molecule has 0 aliphatic carbocycles. The molecule has 8 aromatic rings. The van der Waals surface area contributed by atoms with Crippen LogP contribution in [0.5, 0.6) is 0 Å². The van der Waals surface area contributed by atoms with Crippen molar-refractivity contribution in [1.82, 2.24) is 0 Å².